The van der Waals surface area contributed by atoms with Crippen molar-refractivity contribution in [2.24, 2.45) is 0 Å². The number of aliphatic carboxylic acids is 1. The summed E-state index contributed by atoms with van der Waals surface area (Å²) in [5.74, 6) is -1.93. The van der Waals surface area contributed by atoms with Gasteiger partial charge >= 0.3 is 5.97 Å². The van der Waals surface area contributed by atoms with Crippen molar-refractivity contribution < 1.29 is 19.1 Å². The second-order valence-electron chi connectivity index (χ2n) is 6.14. The predicted octanol–water partition coefficient (Wildman–Crippen LogP) is 3.12. The lowest BCUT2D eigenvalue weighted by molar-refractivity contribution is -0.139. The van der Waals surface area contributed by atoms with Crippen molar-refractivity contribution in [1.82, 2.24) is 15.1 Å². The number of carbonyl (C=O) groups excluding carboxylic acids is 1. The number of hydrogen-bond acceptors (Lipinski definition) is 3. The highest BCUT2D eigenvalue weighted by atomic mass is 19.1. The molecule has 25 heavy (non-hydrogen) atoms. The number of nitrogens with zero attached hydrogens (tertiary/aromatic N) is 2. The van der Waals surface area contributed by atoms with Gasteiger partial charge in [0.25, 0.3) is 5.91 Å². The second kappa shape index (κ2) is 7.92. The van der Waals surface area contributed by atoms with E-state index in [1.54, 1.807) is 16.8 Å². The van der Waals surface area contributed by atoms with Crippen LogP contribution in [0, 0.1) is 5.82 Å². The molecule has 0 saturated carbocycles. The summed E-state index contributed by atoms with van der Waals surface area (Å²) in [4.78, 5) is 23.8. The summed E-state index contributed by atoms with van der Waals surface area (Å²) < 4.78 is 14.7. The molecule has 1 aromatic carbocycles. The van der Waals surface area contributed by atoms with Crippen molar-refractivity contribution >= 4 is 11.9 Å². The molecule has 1 aromatic heterocycles. The minimum Gasteiger partial charge on any atom is -0.480 e. The van der Waals surface area contributed by atoms with Gasteiger partial charge in [0.05, 0.1) is 23.1 Å². The Morgan fingerprint density at radius 3 is 2.44 bits per heavy atom. The maximum atomic E-state index is 13.1. The number of hydrogen-bond donors (Lipinski definition) is 2. The lowest BCUT2D eigenvalue weighted by Gasteiger charge is -2.16. The fraction of sp³-hybridized carbons (Fsp3) is 0.389. The van der Waals surface area contributed by atoms with Gasteiger partial charge in [-0.05, 0) is 36.6 Å². The Morgan fingerprint density at radius 2 is 1.92 bits per heavy atom. The van der Waals surface area contributed by atoms with Crippen LogP contribution < -0.4 is 5.32 Å². The van der Waals surface area contributed by atoms with Gasteiger partial charge in [-0.25, -0.2) is 13.9 Å². The third-order valence-corrected chi connectivity index (χ3v) is 3.85. The minimum atomic E-state index is -1.06. The van der Waals surface area contributed by atoms with Crippen LogP contribution in [-0.4, -0.2) is 32.8 Å². The highest BCUT2D eigenvalue weighted by Crippen LogP contribution is 2.23. The molecule has 2 N–H and O–H groups in total. The van der Waals surface area contributed by atoms with E-state index in [9.17, 15) is 19.1 Å². The van der Waals surface area contributed by atoms with E-state index in [-0.39, 0.29) is 11.7 Å². The van der Waals surface area contributed by atoms with Crippen molar-refractivity contribution in [1.29, 1.82) is 0 Å². The summed E-state index contributed by atoms with van der Waals surface area (Å²) in [6.45, 7) is 5.68. The molecular weight excluding hydrogens is 325 g/mol. The first kappa shape index (κ1) is 18.6. The van der Waals surface area contributed by atoms with Crippen molar-refractivity contribution in [2.45, 2.75) is 45.6 Å². The summed E-state index contributed by atoms with van der Waals surface area (Å²) in [6, 6.07) is 4.86. The van der Waals surface area contributed by atoms with Gasteiger partial charge in [0.2, 0.25) is 0 Å². The lowest BCUT2D eigenvalue weighted by atomic mass is 10.0. The van der Waals surface area contributed by atoms with Gasteiger partial charge in [-0.3, -0.25) is 4.79 Å². The molecule has 0 saturated heterocycles. The molecule has 0 aliphatic heterocycles. The Hall–Kier alpha value is -2.70. The normalized spacial score (nSPS) is 12.2. The topological polar surface area (TPSA) is 84.2 Å². The van der Waals surface area contributed by atoms with Crippen molar-refractivity contribution in [3.05, 3.63) is 47.5 Å². The summed E-state index contributed by atoms with van der Waals surface area (Å²) in [5.41, 5.74) is 1.60. The predicted molar refractivity (Wildman–Crippen MR) is 91.4 cm³/mol. The van der Waals surface area contributed by atoms with E-state index >= 15 is 0 Å². The van der Waals surface area contributed by atoms with E-state index in [0.29, 0.717) is 29.8 Å². The van der Waals surface area contributed by atoms with E-state index in [1.807, 2.05) is 20.8 Å². The highest BCUT2D eigenvalue weighted by molar-refractivity contribution is 5.97. The summed E-state index contributed by atoms with van der Waals surface area (Å²) in [6.07, 6.45) is 2.41. The SMILES string of the molecule is CCCC(NC(=O)c1cnn(-c2ccc(F)cc2)c1C(C)C)C(=O)O. The molecule has 0 spiro atoms. The zero-order chi connectivity index (χ0) is 18.6. The molecule has 0 radical (unpaired) electrons. The van der Waals surface area contributed by atoms with Crippen LogP contribution in [0.4, 0.5) is 4.39 Å². The molecule has 6 nitrogen and oxygen atoms in total. The Labute approximate surface area is 145 Å². The molecule has 0 fully saturated rings. The van der Waals surface area contributed by atoms with Gasteiger partial charge in [-0.2, -0.15) is 5.10 Å². The van der Waals surface area contributed by atoms with Crippen LogP contribution in [0.3, 0.4) is 0 Å². The average molecular weight is 347 g/mol. The summed E-state index contributed by atoms with van der Waals surface area (Å²) >= 11 is 0. The smallest absolute Gasteiger partial charge is 0.326 e. The van der Waals surface area contributed by atoms with Crippen molar-refractivity contribution in [3.63, 3.8) is 0 Å². The van der Waals surface area contributed by atoms with Gasteiger partial charge in [0.1, 0.15) is 11.9 Å². The molecule has 0 aliphatic carbocycles. The standard InChI is InChI=1S/C18H22FN3O3/c1-4-5-15(18(24)25)21-17(23)14-10-20-22(16(14)11(2)3)13-8-6-12(19)7-9-13/h6-11,15H,4-5H2,1-3H3,(H,21,23)(H,24,25). The lowest BCUT2D eigenvalue weighted by Crippen LogP contribution is -2.40. The quantitative estimate of drug-likeness (QED) is 0.806. The number of halogens is 1. The fourth-order valence-corrected chi connectivity index (χ4v) is 2.66. The van der Waals surface area contributed by atoms with Crippen LogP contribution in [-0.2, 0) is 4.79 Å². The van der Waals surface area contributed by atoms with Gasteiger partial charge in [-0.15, -0.1) is 0 Å². The maximum Gasteiger partial charge on any atom is 0.326 e. The summed E-state index contributed by atoms with van der Waals surface area (Å²) in [5, 5.41) is 16.0. The van der Waals surface area contributed by atoms with Crippen LogP contribution in [0.15, 0.2) is 30.5 Å². The van der Waals surface area contributed by atoms with Crippen LogP contribution in [0.1, 0.15) is 55.6 Å². The zero-order valence-corrected chi connectivity index (χ0v) is 14.5. The first-order chi connectivity index (χ1) is 11.8. The molecule has 0 aliphatic rings. The van der Waals surface area contributed by atoms with Crippen LogP contribution in [0.5, 0.6) is 0 Å². The first-order valence-electron chi connectivity index (χ1n) is 8.22. The minimum absolute atomic E-state index is 0.0391. The molecule has 2 aromatic rings. The second-order valence-corrected chi connectivity index (χ2v) is 6.14. The van der Waals surface area contributed by atoms with Gasteiger partial charge in [-0.1, -0.05) is 27.2 Å². The Morgan fingerprint density at radius 1 is 1.28 bits per heavy atom. The molecule has 1 heterocycles. The van der Waals surface area contributed by atoms with Gasteiger partial charge in [0.15, 0.2) is 0 Å². The van der Waals surface area contributed by atoms with Gasteiger partial charge in [0, 0.05) is 0 Å². The monoisotopic (exact) mass is 347 g/mol. The van der Waals surface area contributed by atoms with E-state index < -0.39 is 17.9 Å². The molecule has 7 heteroatoms. The number of benzene rings is 1. The average Bonchev–Trinajstić information content (AvgIpc) is 3.00. The van der Waals surface area contributed by atoms with Crippen LogP contribution in [0.25, 0.3) is 5.69 Å². The van der Waals surface area contributed by atoms with Crippen LogP contribution >= 0.6 is 0 Å². The molecule has 1 amide bonds. The van der Waals surface area contributed by atoms with Crippen molar-refractivity contribution in [2.75, 3.05) is 0 Å². The first-order valence-corrected chi connectivity index (χ1v) is 8.22. The zero-order valence-electron chi connectivity index (χ0n) is 14.5. The van der Waals surface area contributed by atoms with Crippen LogP contribution in [0.2, 0.25) is 0 Å². The third-order valence-electron chi connectivity index (χ3n) is 3.85. The molecular formula is C18H22FN3O3. The van der Waals surface area contributed by atoms with E-state index in [1.165, 1.54) is 18.3 Å². The van der Waals surface area contributed by atoms with E-state index in [0.717, 1.165) is 0 Å². The highest BCUT2D eigenvalue weighted by Gasteiger charge is 2.25. The molecule has 1 atom stereocenters. The summed E-state index contributed by atoms with van der Waals surface area (Å²) in [7, 11) is 0. The fourth-order valence-electron chi connectivity index (χ4n) is 2.66. The number of carboxylic acids is 1. The molecule has 0 bridgehead atoms. The molecule has 2 rings (SSSR count). The Balaban J connectivity index is 2.37. The number of aromatic nitrogens is 2. The van der Waals surface area contributed by atoms with Crippen molar-refractivity contribution in [3.8, 4) is 5.69 Å². The number of amides is 1. The molecule has 1 unspecified atom stereocenters. The van der Waals surface area contributed by atoms with Gasteiger partial charge < -0.3 is 10.4 Å². The number of rotatable bonds is 7. The Bertz CT molecular complexity index is 753. The van der Waals surface area contributed by atoms with E-state index in [2.05, 4.69) is 10.4 Å². The third kappa shape index (κ3) is 4.23. The number of carboxylic acid groups (broad SMARTS) is 1. The van der Waals surface area contributed by atoms with E-state index in [4.69, 9.17) is 0 Å². The molecule has 134 valence electrons. The number of nitrogens with one attached hydrogen (secondary N) is 1. The largest absolute Gasteiger partial charge is 0.480 e. The number of carbonyl (C=O) groups is 2. The maximum absolute atomic E-state index is 13.1. The Kier molecular flexibility index (Phi) is 5.90.